The third-order valence-electron chi connectivity index (χ3n) is 4.66. The van der Waals surface area contributed by atoms with Gasteiger partial charge in [-0.15, -0.1) is 0 Å². The summed E-state index contributed by atoms with van der Waals surface area (Å²) in [5.41, 5.74) is 4.58. The van der Waals surface area contributed by atoms with Crippen molar-refractivity contribution in [3.05, 3.63) is 93.5 Å². The molecule has 3 rings (SSSR count). The monoisotopic (exact) mass is 537 g/mol. The van der Waals surface area contributed by atoms with Gasteiger partial charge in [-0.05, 0) is 68.4 Å². The van der Waals surface area contributed by atoms with Gasteiger partial charge in [0.25, 0.3) is 11.8 Å². The molecule has 35 heavy (non-hydrogen) atoms. The highest BCUT2D eigenvalue weighted by Crippen LogP contribution is 2.23. The molecule has 3 aromatic rings. The van der Waals surface area contributed by atoms with Crippen molar-refractivity contribution in [3.8, 4) is 11.5 Å². The molecule has 0 aromatic heterocycles. The van der Waals surface area contributed by atoms with Crippen LogP contribution in [0.3, 0.4) is 0 Å². The topological polar surface area (TPSA) is 106 Å². The van der Waals surface area contributed by atoms with E-state index in [1.54, 1.807) is 60.7 Å². The van der Waals surface area contributed by atoms with Gasteiger partial charge in [0.15, 0.2) is 0 Å². The van der Waals surface area contributed by atoms with Crippen molar-refractivity contribution in [3.63, 3.8) is 0 Å². The van der Waals surface area contributed by atoms with Crippen LogP contribution in [-0.2, 0) is 4.79 Å². The molecule has 0 saturated heterocycles. The van der Waals surface area contributed by atoms with Gasteiger partial charge in [-0.25, -0.2) is 10.2 Å². The van der Waals surface area contributed by atoms with Gasteiger partial charge in [0, 0.05) is 15.6 Å². The lowest BCUT2D eigenvalue weighted by molar-refractivity contribution is -0.120. The summed E-state index contributed by atoms with van der Waals surface area (Å²) in [5.74, 6) is -0.487. The zero-order valence-electron chi connectivity index (χ0n) is 19.2. The van der Waals surface area contributed by atoms with E-state index in [4.69, 9.17) is 9.47 Å². The first kappa shape index (κ1) is 25.6. The normalized spacial score (nSPS) is 10.6. The predicted molar refractivity (Wildman–Crippen MR) is 136 cm³/mol. The number of carbonyl (C=O) groups is 3. The Balaban J connectivity index is 1.56. The number of rotatable bonds is 9. The maximum atomic E-state index is 12.5. The van der Waals surface area contributed by atoms with Crippen LogP contribution in [0.4, 0.5) is 0 Å². The quantitative estimate of drug-likeness (QED) is 0.183. The number of nitrogens with one attached hydrogen (secondary N) is 2. The standard InChI is InChI=1S/C26H24BrN3O5/c1-3-34-22-10-7-18(8-11-22)25(32)28-16-24(31)30-29-15-20-14-21(27)9-12-23(20)35-26(33)19-6-4-5-17(2)13-19/h4-15H,3,16H2,1-2H3,(H,28,32)(H,30,31)/b29-15-. The van der Waals surface area contributed by atoms with Crippen molar-refractivity contribution in [1.29, 1.82) is 0 Å². The van der Waals surface area contributed by atoms with Gasteiger partial charge in [-0.3, -0.25) is 9.59 Å². The second-order valence-electron chi connectivity index (χ2n) is 7.37. The smallest absolute Gasteiger partial charge is 0.343 e. The van der Waals surface area contributed by atoms with E-state index in [0.29, 0.717) is 29.0 Å². The average Bonchev–Trinajstić information content (AvgIpc) is 2.84. The van der Waals surface area contributed by atoms with E-state index in [1.165, 1.54) is 6.21 Å². The van der Waals surface area contributed by atoms with Crippen LogP contribution in [0.2, 0.25) is 0 Å². The second-order valence-corrected chi connectivity index (χ2v) is 8.29. The first-order valence-electron chi connectivity index (χ1n) is 10.8. The van der Waals surface area contributed by atoms with E-state index in [2.05, 4.69) is 31.8 Å². The van der Waals surface area contributed by atoms with E-state index < -0.39 is 17.8 Å². The molecule has 2 N–H and O–H groups in total. The van der Waals surface area contributed by atoms with Gasteiger partial charge in [0.1, 0.15) is 11.5 Å². The third-order valence-corrected chi connectivity index (χ3v) is 5.15. The Labute approximate surface area is 211 Å². The van der Waals surface area contributed by atoms with Gasteiger partial charge < -0.3 is 14.8 Å². The lowest BCUT2D eigenvalue weighted by atomic mass is 10.1. The number of esters is 1. The molecule has 3 aromatic carbocycles. The Morgan fingerprint density at radius 3 is 2.49 bits per heavy atom. The first-order chi connectivity index (χ1) is 16.9. The summed E-state index contributed by atoms with van der Waals surface area (Å²) in [7, 11) is 0. The Hall–Kier alpha value is -3.98. The van der Waals surface area contributed by atoms with Crippen molar-refractivity contribution >= 4 is 39.9 Å². The Morgan fingerprint density at radius 2 is 1.77 bits per heavy atom. The highest BCUT2D eigenvalue weighted by molar-refractivity contribution is 9.10. The summed E-state index contributed by atoms with van der Waals surface area (Å²) in [5, 5.41) is 6.44. The van der Waals surface area contributed by atoms with Gasteiger partial charge in [-0.2, -0.15) is 5.10 Å². The van der Waals surface area contributed by atoms with Crippen molar-refractivity contribution in [1.82, 2.24) is 10.7 Å². The minimum Gasteiger partial charge on any atom is -0.494 e. The number of hydrazone groups is 1. The van der Waals surface area contributed by atoms with Crippen LogP contribution in [0.25, 0.3) is 0 Å². The molecule has 9 heteroatoms. The van der Waals surface area contributed by atoms with Crippen LogP contribution >= 0.6 is 15.9 Å². The van der Waals surface area contributed by atoms with Crippen molar-refractivity contribution in [2.45, 2.75) is 13.8 Å². The molecule has 0 fully saturated rings. The van der Waals surface area contributed by atoms with Crippen LogP contribution in [0.1, 0.15) is 38.8 Å². The fourth-order valence-corrected chi connectivity index (χ4v) is 3.37. The minimum absolute atomic E-state index is 0.267. The summed E-state index contributed by atoms with van der Waals surface area (Å²) in [6.07, 6.45) is 1.36. The molecular formula is C26H24BrN3O5. The second kappa shape index (κ2) is 12.5. The predicted octanol–water partition coefficient (Wildman–Crippen LogP) is 4.26. The maximum absolute atomic E-state index is 12.5. The molecular weight excluding hydrogens is 514 g/mol. The van der Waals surface area contributed by atoms with Crippen molar-refractivity contribution in [2.75, 3.05) is 13.2 Å². The summed E-state index contributed by atoms with van der Waals surface area (Å²) in [6, 6.07) is 18.7. The minimum atomic E-state index is -0.520. The summed E-state index contributed by atoms with van der Waals surface area (Å²) < 4.78 is 11.6. The number of halogens is 1. The molecule has 0 saturated carbocycles. The lowest BCUT2D eigenvalue weighted by Crippen LogP contribution is -2.34. The van der Waals surface area contributed by atoms with Crippen LogP contribution < -0.4 is 20.2 Å². The molecule has 2 amide bonds. The molecule has 0 unspecified atom stereocenters. The molecule has 0 radical (unpaired) electrons. The largest absolute Gasteiger partial charge is 0.494 e. The molecule has 180 valence electrons. The van der Waals surface area contributed by atoms with Gasteiger partial charge >= 0.3 is 5.97 Å². The third kappa shape index (κ3) is 7.79. The van der Waals surface area contributed by atoms with Crippen LogP contribution in [0.15, 0.2) is 76.3 Å². The Kier molecular flexibility index (Phi) is 9.14. The van der Waals surface area contributed by atoms with E-state index in [-0.39, 0.29) is 12.3 Å². The molecule has 0 atom stereocenters. The fourth-order valence-electron chi connectivity index (χ4n) is 2.99. The van der Waals surface area contributed by atoms with Crippen LogP contribution in [-0.4, -0.2) is 37.1 Å². The van der Waals surface area contributed by atoms with Gasteiger partial charge in [-0.1, -0.05) is 33.6 Å². The average molecular weight is 538 g/mol. The zero-order chi connectivity index (χ0) is 25.2. The van der Waals surface area contributed by atoms with Crippen LogP contribution in [0, 0.1) is 6.92 Å². The molecule has 0 aliphatic heterocycles. The number of hydrogen-bond donors (Lipinski definition) is 2. The first-order valence-corrected chi connectivity index (χ1v) is 11.6. The number of aryl methyl sites for hydroxylation is 1. The Bertz CT molecular complexity index is 1240. The van der Waals surface area contributed by atoms with E-state index in [9.17, 15) is 14.4 Å². The summed E-state index contributed by atoms with van der Waals surface area (Å²) in [6.45, 7) is 4.02. The fraction of sp³-hybridized carbons (Fsp3) is 0.154. The molecule has 0 bridgehead atoms. The summed E-state index contributed by atoms with van der Waals surface area (Å²) >= 11 is 3.37. The molecule has 8 nitrogen and oxygen atoms in total. The van der Waals surface area contributed by atoms with Crippen LogP contribution in [0.5, 0.6) is 11.5 Å². The van der Waals surface area contributed by atoms with Crippen molar-refractivity contribution < 1.29 is 23.9 Å². The van der Waals surface area contributed by atoms with E-state index in [0.717, 1.165) is 10.0 Å². The highest BCUT2D eigenvalue weighted by Gasteiger charge is 2.12. The molecule has 0 spiro atoms. The van der Waals surface area contributed by atoms with E-state index in [1.807, 2.05) is 19.9 Å². The molecule has 0 aliphatic carbocycles. The molecule has 0 aliphatic rings. The number of carbonyl (C=O) groups excluding carboxylic acids is 3. The SMILES string of the molecule is CCOc1ccc(C(=O)NCC(=O)N/N=C\c2cc(Br)ccc2OC(=O)c2cccc(C)c2)cc1. The van der Waals surface area contributed by atoms with Crippen molar-refractivity contribution in [2.24, 2.45) is 5.10 Å². The number of nitrogens with zero attached hydrogens (tertiary/aromatic N) is 1. The maximum Gasteiger partial charge on any atom is 0.343 e. The number of benzene rings is 3. The lowest BCUT2D eigenvalue weighted by Gasteiger charge is -2.09. The number of amides is 2. The zero-order valence-corrected chi connectivity index (χ0v) is 20.8. The number of hydrogen-bond acceptors (Lipinski definition) is 6. The van der Waals surface area contributed by atoms with Gasteiger partial charge in [0.05, 0.1) is 24.9 Å². The molecule has 0 heterocycles. The van der Waals surface area contributed by atoms with Gasteiger partial charge in [0.2, 0.25) is 0 Å². The Morgan fingerprint density at radius 1 is 1.00 bits per heavy atom. The van der Waals surface area contributed by atoms with E-state index >= 15 is 0 Å². The summed E-state index contributed by atoms with van der Waals surface area (Å²) in [4.78, 5) is 36.8. The highest BCUT2D eigenvalue weighted by atomic mass is 79.9. The number of ether oxygens (including phenoxy) is 2.